The number of anilines is 2. The molecule has 0 spiro atoms. The van der Waals surface area contributed by atoms with Gasteiger partial charge in [-0.1, -0.05) is 60.7 Å². The van der Waals surface area contributed by atoms with Crippen molar-refractivity contribution in [1.82, 2.24) is 19.8 Å². The van der Waals surface area contributed by atoms with Crippen molar-refractivity contribution in [2.75, 3.05) is 56.1 Å². The summed E-state index contributed by atoms with van der Waals surface area (Å²) >= 11 is 0. The molecule has 0 N–H and O–H groups in total. The van der Waals surface area contributed by atoms with E-state index in [0.717, 1.165) is 43.0 Å². The molecule has 0 radical (unpaired) electrons. The Morgan fingerprint density at radius 3 is 2.50 bits per heavy atom. The number of carbonyl (C=O) groups excluding carboxylic acids is 1. The van der Waals surface area contributed by atoms with Gasteiger partial charge in [-0.05, 0) is 69.3 Å². The van der Waals surface area contributed by atoms with Crippen LogP contribution in [-0.4, -0.2) is 84.3 Å². The van der Waals surface area contributed by atoms with Gasteiger partial charge in [0.1, 0.15) is 18.5 Å². The van der Waals surface area contributed by atoms with Crippen LogP contribution in [0.1, 0.15) is 42.1 Å². The van der Waals surface area contributed by atoms with Crippen molar-refractivity contribution < 1.29 is 14.3 Å². The van der Waals surface area contributed by atoms with Crippen molar-refractivity contribution in [3.63, 3.8) is 0 Å². The Morgan fingerprint density at radius 2 is 1.72 bits per heavy atom. The molecule has 7 rings (SSSR count). The first-order chi connectivity index (χ1) is 22.4. The van der Waals surface area contributed by atoms with Crippen LogP contribution in [0.5, 0.6) is 6.01 Å². The Labute approximate surface area is 271 Å². The molecule has 0 bridgehead atoms. The average molecular weight is 621 g/mol. The average Bonchev–Trinajstić information content (AvgIpc) is 3.52. The molecule has 4 aromatic rings. The molecule has 3 aliphatic rings. The van der Waals surface area contributed by atoms with Crippen LogP contribution in [0.15, 0.2) is 66.7 Å². The van der Waals surface area contributed by atoms with E-state index >= 15 is 0 Å². The minimum atomic E-state index is -0.271. The molecule has 0 aliphatic carbocycles. The van der Waals surface area contributed by atoms with Crippen molar-refractivity contribution >= 4 is 28.4 Å². The van der Waals surface area contributed by atoms with Crippen LogP contribution >= 0.6 is 0 Å². The lowest BCUT2D eigenvalue weighted by Crippen LogP contribution is -2.49. The summed E-state index contributed by atoms with van der Waals surface area (Å²) in [5.41, 5.74) is 5.69. The van der Waals surface area contributed by atoms with Gasteiger partial charge in [-0.2, -0.15) is 9.97 Å². The number of hydrogen-bond donors (Lipinski definition) is 0. The molecule has 4 heterocycles. The second kappa shape index (κ2) is 13.2. The van der Waals surface area contributed by atoms with E-state index in [1.165, 1.54) is 34.0 Å². The van der Waals surface area contributed by atoms with E-state index in [1.54, 1.807) is 4.90 Å². The van der Waals surface area contributed by atoms with Gasteiger partial charge in [0.2, 0.25) is 0 Å². The summed E-state index contributed by atoms with van der Waals surface area (Å²) in [6.45, 7) is 9.75. The highest BCUT2D eigenvalue weighted by molar-refractivity contribution is 5.95. The van der Waals surface area contributed by atoms with E-state index in [2.05, 4.69) is 72.0 Å². The van der Waals surface area contributed by atoms with Crippen molar-refractivity contribution in [3.05, 3.63) is 89.1 Å². The monoisotopic (exact) mass is 620 g/mol. The number of piperazine rings is 1. The third kappa shape index (κ3) is 6.33. The topological polar surface area (TPSA) is 74.3 Å². The van der Waals surface area contributed by atoms with Gasteiger partial charge >= 0.3 is 12.1 Å². The third-order valence-corrected chi connectivity index (χ3v) is 9.80. The number of fused-ring (bicyclic) bond motifs is 2. The summed E-state index contributed by atoms with van der Waals surface area (Å²) in [4.78, 5) is 32.0. The number of aromatic nitrogens is 2. The third-order valence-electron chi connectivity index (χ3n) is 9.80. The fourth-order valence-electron chi connectivity index (χ4n) is 7.29. The zero-order chi connectivity index (χ0) is 31.6. The Bertz CT molecular complexity index is 1690. The van der Waals surface area contributed by atoms with E-state index in [1.807, 2.05) is 30.3 Å². The molecule has 2 saturated heterocycles. The molecule has 3 aliphatic heterocycles. The van der Waals surface area contributed by atoms with Crippen LogP contribution < -0.4 is 14.5 Å². The van der Waals surface area contributed by atoms with Crippen molar-refractivity contribution in [2.24, 2.45) is 0 Å². The number of likely N-dealkylation sites (tertiary alicyclic amines) is 1. The van der Waals surface area contributed by atoms with E-state index in [-0.39, 0.29) is 18.8 Å². The molecule has 240 valence electrons. The maximum atomic E-state index is 12.9. The summed E-state index contributed by atoms with van der Waals surface area (Å²) in [6.07, 6.45) is 2.85. The fraction of sp³-hybridized carbons (Fsp3) is 0.432. The lowest BCUT2D eigenvalue weighted by molar-refractivity contribution is 0.0939. The molecule has 46 heavy (non-hydrogen) atoms. The normalized spacial score (nSPS) is 19.3. The molecule has 0 unspecified atom stereocenters. The Hall–Kier alpha value is -4.37. The summed E-state index contributed by atoms with van der Waals surface area (Å²) in [5.74, 6) is 0.943. The minimum absolute atomic E-state index is 0.0185. The van der Waals surface area contributed by atoms with Gasteiger partial charge in [0, 0.05) is 55.4 Å². The lowest BCUT2D eigenvalue weighted by atomic mass is 10.0. The van der Waals surface area contributed by atoms with Gasteiger partial charge in [-0.15, -0.1) is 0 Å². The van der Waals surface area contributed by atoms with Gasteiger partial charge in [-0.3, -0.25) is 4.90 Å². The maximum Gasteiger partial charge on any atom is 0.410 e. The Balaban J connectivity index is 1.13. The predicted molar refractivity (Wildman–Crippen MR) is 182 cm³/mol. The highest BCUT2D eigenvalue weighted by Gasteiger charge is 2.32. The predicted octanol–water partition coefficient (Wildman–Crippen LogP) is 5.82. The van der Waals surface area contributed by atoms with Gasteiger partial charge in [0.15, 0.2) is 0 Å². The highest BCUT2D eigenvalue weighted by atomic mass is 16.6. The van der Waals surface area contributed by atoms with E-state index < -0.39 is 0 Å². The number of hydrogen-bond acceptors (Lipinski definition) is 8. The summed E-state index contributed by atoms with van der Waals surface area (Å²) in [6, 6.07) is 23.8. The van der Waals surface area contributed by atoms with Gasteiger partial charge in [0.05, 0.1) is 12.2 Å². The number of carbonyl (C=O) groups is 1. The summed E-state index contributed by atoms with van der Waals surface area (Å²) in [7, 11) is 2.17. The zero-order valence-electron chi connectivity index (χ0n) is 27.2. The van der Waals surface area contributed by atoms with E-state index in [4.69, 9.17) is 19.4 Å². The second-order valence-electron chi connectivity index (χ2n) is 13.0. The number of aryl methyl sites for hydroxylation is 1. The van der Waals surface area contributed by atoms with Crippen LogP contribution in [0.25, 0.3) is 10.8 Å². The standard InChI is InChI=1S/C37H44N6O3/c1-26-22-29-12-7-8-13-30(29)34(23-26)43-17-15-31-32(24-43)38-36(46-27(2)33-14-9-16-40(33)3)39-35(31)41-18-20-42(21-19-41)37(44)45-25-28-10-5-4-6-11-28/h4-8,10-13,22-23,27,33H,9,14-21,24-25H2,1-3H3/t27-,33-/m1/s1. The van der Waals surface area contributed by atoms with Crippen molar-refractivity contribution in [1.29, 1.82) is 0 Å². The fourth-order valence-corrected chi connectivity index (χ4v) is 7.29. The highest BCUT2D eigenvalue weighted by Crippen LogP contribution is 2.35. The van der Waals surface area contributed by atoms with Crippen molar-refractivity contribution in [3.8, 4) is 6.01 Å². The molecule has 9 nitrogen and oxygen atoms in total. The number of ether oxygens (including phenoxy) is 2. The first-order valence-electron chi connectivity index (χ1n) is 16.6. The number of nitrogens with zero attached hydrogens (tertiary/aromatic N) is 6. The summed E-state index contributed by atoms with van der Waals surface area (Å²) in [5, 5.41) is 2.51. The van der Waals surface area contributed by atoms with Gasteiger partial charge < -0.3 is 24.2 Å². The first-order valence-corrected chi connectivity index (χ1v) is 16.6. The van der Waals surface area contributed by atoms with Crippen LogP contribution in [-0.2, 0) is 24.3 Å². The minimum Gasteiger partial charge on any atom is -0.459 e. The Morgan fingerprint density at radius 1 is 0.935 bits per heavy atom. The van der Waals surface area contributed by atoms with Crippen LogP contribution in [0.2, 0.25) is 0 Å². The maximum absolute atomic E-state index is 12.9. The smallest absolute Gasteiger partial charge is 0.410 e. The summed E-state index contributed by atoms with van der Waals surface area (Å²) < 4.78 is 12.2. The molecule has 1 aromatic heterocycles. The van der Waals surface area contributed by atoms with Crippen LogP contribution in [0.4, 0.5) is 16.3 Å². The van der Waals surface area contributed by atoms with Crippen molar-refractivity contribution in [2.45, 2.75) is 58.4 Å². The molecule has 2 atom stereocenters. The van der Waals surface area contributed by atoms with Gasteiger partial charge in [-0.25, -0.2) is 4.79 Å². The van der Waals surface area contributed by atoms with Gasteiger partial charge in [0.25, 0.3) is 0 Å². The molecule has 0 saturated carbocycles. The first kappa shape index (κ1) is 30.3. The van der Waals surface area contributed by atoms with Crippen LogP contribution in [0.3, 0.4) is 0 Å². The zero-order valence-corrected chi connectivity index (χ0v) is 27.2. The Kier molecular flexibility index (Phi) is 8.67. The lowest BCUT2D eigenvalue weighted by Gasteiger charge is -2.38. The molecular formula is C37H44N6O3. The molecular weight excluding hydrogens is 576 g/mol. The second-order valence-corrected chi connectivity index (χ2v) is 13.0. The molecule has 2 fully saturated rings. The number of benzene rings is 3. The molecule has 3 aromatic carbocycles. The quantitative estimate of drug-likeness (QED) is 0.256. The van der Waals surface area contributed by atoms with E-state index in [0.29, 0.717) is 44.8 Å². The number of amides is 1. The van der Waals surface area contributed by atoms with Crippen LogP contribution in [0, 0.1) is 6.92 Å². The largest absolute Gasteiger partial charge is 0.459 e. The SMILES string of the molecule is Cc1cc(N2CCc3c(nc(O[C@H](C)[C@H]4CCCN4C)nc3N3CCN(C(=O)OCc4ccccc4)CC3)C2)c2ccccc2c1. The number of rotatable bonds is 7. The number of likely N-dealkylation sites (N-methyl/N-ethyl adjacent to an activating group) is 1. The molecule has 1 amide bonds. The molecule has 9 heteroatoms. The van der Waals surface area contributed by atoms with E-state index in [9.17, 15) is 4.79 Å².